The molecule has 0 aromatic heterocycles. The van der Waals surface area contributed by atoms with E-state index >= 15 is 0 Å². The van der Waals surface area contributed by atoms with Crippen LogP contribution in [0.1, 0.15) is 44.0 Å². The summed E-state index contributed by atoms with van der Waals surface area (Å²) < 4.78 is 0. The second kappa shape index (κ2) is 10.5. The Hall–Kier alpha value is -2.26. The number of rotatable bonds is 10. The van der Waals surface area contributed by atoms with Gasteiger partial charge in [-0.05, 0) is 44.0 Å². The standard InChI is InChI=1S/C20H31N5O3S/c1-4-13(5-2)24-18(27)16(21)20-25(6-3)19(28)15(29-20)11-23-14-9-7-12(8-10-14)17(22)26/h7-10,13,15-16,20,23H,4-6,11,21H2,1-3H3,(H2,22,26)(H,24,27)/t15-,16-,20?/m1/s1. The van der Waals surface area contributed by atoms with Crippen LogP contribution in [0, 0.1) is 0 Å². The SMILES string of the molecule is CCC(CC)NC(=O)[C@@H](N)C1S[C@H](CNc2ccc(C(N)=O)cc2)C(=O)N1CC. The Balaban J connectivity index is 2.00. The highest BCUT2D eigenvalue weighted by Crippen LogP contribution is 2.33. The molecule has 0 saturated carbocycles. The number of amides is 3. The highest BCUT2D eigenvalue weighted by molar-refractivity contribution is 8.01. The third kappa shape index (κ3) is 5.63. The van der Waals surface area contributed by atoms with Crippen LogP contribution < -0.4 is 22.1 Å². The normalized spacial score (nSPS) is 20.0. The summed E-state index contributed by atoms with van der Waals surface area (Å²) in [5, 5.41) is 5.43. The lowest BCUT2D eigenvalue weighted by Crippen LogP contribution is -2.54. The Morgan fingerprint density at radius 2 is 1.79 bits per heavy atom. The number of anilines is 1. The maximum Gasteiger partial charge on any atom is 0.248 e. The first-order chi connectivity index (χ1) is 13.8. The number of benzene rings is 1. The van der Waals surface area contributed by atoms with Gasteiger partial charge in [-0.3, -0.25) is 14.4 Å². The minimum Gasteiger partial charge on any atom is -0.383 e. The predicted octanol–water partition coefficient (Wildman–Crippen LogP) is 1.12. The monoisotopic (exact) mass is 421 g/mol. The molecule has 3 atom stereocenters. The molecular weight excluding hydrogens is 390 g/mol. The van der Waals surface area contributed by atoms with E-state index in [9.17, 15) is 14.4 Å². The minimum atomic E-state index is -0.788. The molecule has 1 aliphatic heterocycles. The first-order valence-electron chi connectivity index (χ1n) is 9.97. The Morgan fingerprint density at radius 1 is 1.17 bits per heavy atom. The predicted molar refractivity (Wildman–Crippen MR) is 116 cm³/mol. The number of hydrogen-bond acceptors (Lipinski definition) is 6. The Labute approximate surface area is 176 Å². The van der Waals surface area contributed by atoms with E-state index in [4.69, 9.17) is 11.5 Å². The molecule has 29 heavy (non-hydrogen) atoms. The highest BCUT2D eigenvalue weighted by atomic mass is 32.2. The lowest BCUT2D eigenvalue weighted by Gasteiger charge is -2.28. The zero-order valence-corrected chi connectivity index (χ0v) is 18.0. The van der Waals surface area contributed by atoms with E-state index in [0.717, 1.165) is 18.5 Å². The van der Waals surface area contributed by atoms with Gasteiger partial charge < -0.3 is 27.0 Å². The number of hydrogen-bond donors (Lipinski definition) is 4. The second-order valence-corrected chi connectivity index (χ2v) is 8.33. The van der Waals surface area contributed by atoms with Crippen LogP contribution in [0.25, 0.3) is 0 Å². The number of nitrogens with zero attached hydrogens (tertiary/aromatic N) is 1. The van der Waals surface area contributed by atoms with Gasteiger partial charge >= 0.3 is 0 Å². The van der Waals surface area contributed by atoms with Crippen molar-refractivity contribution >= 4 is 35.2 Å². The summed E-state index contributed by atoms with van der Waals surface area (Å²) in [5.41, 5.74) is 12.7. The fraction of sp³-hybridized carbons (Fsp3) is 0.550. The molecule has 1 saturated heterocycles. The van der Waals surface area contributed by atoms with Gasteiger partial charge in [0.25, 0.3) is 0 Å². The van der Waals surface area contributed by atoms with Gasteiger partial charge in [-0.15, -0.1) is 11.8 Å². The molecule has 8 nitrogen and oxygen atoms in total. The summed E-state index contributed by atoms with van der Waals surface area (Å²) in [6.07, 6.45) is 1.68. The van der Waals surface area contributed by atoms with Crippen molar-refractivity contribution in [3.05, 3.63) is 29.8 Å². The Kier molecular flexibility index (Phi) is 8.33. The van der Waals surface area contributed by atoms with Gasteiger partial charge in [-0.2, -0.15) is 0 Å². The largest absolute Gasteiger partial charge is 0.383 e. The van der Waals surface area contributed by atoms with Crippen molar-refractivity contribution in [3.63, 3.8) is 0 Å². The summed E-state index contributed by atoms with van der Waals surface area (Å²) in [5.74, 6) is -0.743. The van der Waals surface area contributed by atoms with Crippen LogP contribution in [-0.2, 0) is 9.59 Å². The number of nitrogens with one attached hydrogen (secondary N) is 2. The molecule has 0 radical (unpaired) electrons. The fourth-order valence-corrected chi connectivity index (χ4v) is 4.70. The van der Waals surface area contributed by atoms with E-state index in [1.807, 2.05) is 20.8 Å². The van der Waals surface area contributed by atoms with Gasteiger partial charge in [0.15, 0.2) is 0 Å². The smallest absolute Gasteiger partial charge is 0.248 e. The lowest BCUT2D eigenvalue weighted by atomic mass is 10.1. The number of nitrogens with two attached hydrogens (primary N) is 2. The second-order valence-electron chi connectivity index (χ2n) is 7.01. The van der Waals surface area contributed by atoms with Crippen molar-refractivity contribution in [1.82, 2.24) is 10.2 Å². The summed E-state index contributed by atoms with van der Waals surface area (Å²) in [6.45, 7) is 6.81. The van der Waals surface area contributed by atoms with Crippen molar-refractivity contribution in [2.24, 2.45) is 11.5 Å². The van der Waals surface area contributed by atoms with Gasteiger partial charge in [-0.25, -0.2) is 0 Å². The van der Waals surface area contributed by atoms with Crippen LogP contribution in [0.5, 0.6) is 0 Å². The molecule has 0 aliphatic carbocycles. The molecule has 1 aliphatic rings. The van der Waals surface area contributed by atoms with E-state index < -0.39 is 17.3 Å². The Morgan fingerprint density at radius 3 is 2.31 bits per heavy atom. The molecule has 1 unspecified atom stereocenters. The van der Waals surface area contributed by atoms with Crippen LogP contribution in [0.4, 0.5) is 5.69 Å². The van der Waals surface area contributed by atoms with Crippen LogP contribution in [0.15, 0.2) is 24.3 Å². The maximum atomic E-state index is 12.8. The molecule has 9 heteroatoms. The van der Waals surface area contributed by atoms with Gasteiger partial charge in [0.2, 0.25) is 17.7 Å². The quantitative estimate of drug-likeness (QED) is 0.448. The average Bonchev–Trinajstić information content (AvgIpc) is 3.05. The minimum absolute atomic E-state index is 0.0328. The molecule has 0 bridgehead atoms. The van der Waals surface area contributed by atoms with Crippen molar-refractivity contribution < 1.29 is 14.4 Å². The van der Waals surface area contributed by atoms with Crippen molar-refractivity contribution in [1.29, 1.82) is 0 Å². The first kappa shape index (κ1) is 23.0. The van der Waals surface area contributed by atoms with Gasteiger partial charge in [0.1, 0.15) is 16.7 Å². The molecule has 6 N–H and O–H groups in total. The molecule has 1 aromatic rings. The number of carbonyl (C=O) groups is 3. The summed E-state index contributed by atoms with van der Waals surface area (Å²) in [4.78, 5) is 38.2. The molecular formula is C20H31N5O3S. The van der Waals surface area contributed by atoms with Gasteiger partial charge in [-0.1, -0.05) is 13.8 Å². The van der Waals surface area contributed by atoms with Crippen molar-refractivity contribution in [3.8, 4) is 0 Å². The zero-order valence-electron chi connectivity index (χ0n) is 17.2. The molecule has 3 amide bonds. The summed E-state index contributed by atoms with van der Waals surface area (Å²) >= 11 is 1.41. The first-order valence-corrected chi connectivity index (χ1v) is 10.9. The molecule has 2 rings (SSSR count). The van der Waals surface area contributed by atoms with Gasteiger partial charge in [0.05, 0.1) is 0 Å². The van der Waals surface area contributed by atoms with E-state index in [1.54, 1.807) is 29.2 Å². The van der Waals surface area contributed by atoms with E-state index in [1.165, 1.54) is 11.8 Å². The van der Waals surface area contributed by atoms with Crippen LogP contribution in [0.3, 0.4) is 0 Å². The van der Waals surface area contributed by atoms with Crippen molar-refractivity contribution in [2.75, 3.05) is 18.4 Å². The molecule has 160 valence electrons. The van der Waals surface area contributed by atoms with Crippen molar-refractivity contribution in [2.45, 2.75) is 56.3 Å². The number of carbonyl (C=O) groups excluding carboxylic acids is 3. The van der Waals surface area contributed by atoms with E-state index in [2.05, 4.69) is 10.6 Å². The number of primary amides is 1. The van der Waals surface area contributed by atoms with Crippen LogP contribution >= 0.6 is 11.8 Å². The average molecular weight is 422 g/mol. The fourth-order valence-electron chi connectivity index (χ4n) is 3.24. The molecule has 1 aromatic carbocycles. The highest BCUT2D eigenvalue weighted by Gasteiger charge is 2.44. The zero-order chi connectivity index (χ0) is 21.6. The topological polar surface area (TPSA) is 131 Å². The molecule has 1 fully saturated rings. The third-order valence-electron chi connectivity index (χ3n) is 5.11. The van der Waals surface area contributed by atoms with E-state index in [0.29, 0.717) is 18.7 Å². The van der Waals surface area contributed by atoms with Crippen LogP contribution in [-0.4, -0.2) is 58.4 Å². The Bertz CT molecular complexity index is 723. The third-order valence-corrected chi connectivity index (χ3v) is 6.64. The molecule has 1 heterocycles. The summed E-state index contributed by atoms with van der Waals surface area (Å²) in [7, 11) is 0. The van der Waals surface area contributed by atoms with Crippen LogP contribution in [0.2, 0.25) is 0 Å². The van der Waals surface area contributed by atoms with Gasteiger partial charge in [0, 0.05) is 30.4 Å². The maximum absolute atomic E-state index is 12.8. The van der Waals surface area contributed by atoms with E-state index in [-0.39, 0.29) is 23.1 Å². The lowest BCUT2D eigenvalue weighted by molar-refractivity contribution is -0.131. The summed E-state index contributed by atoms with van der Waals surface area (Å²) in [6, 6.07) is 6.06. The number of likely N-dealkylation sites (N-methyl/N-ethyl adjacent to an activating group) is 1. The molecule has 0 spiro atoms. The number of thioether (sulfide) groups is 1.